The first-order valence-corrected chi connectivity index (χ1v) is 6.39. The van der Waals surface area contributed by atoms with Crippen LogP contribution in [0.15, 0.2) is 23.4 Å². The van der Waals surface area contributed by atoms with Crippen LogP contribution in [0, 0.1) is 5.92 Å². The van der Waals surface area contributed by atoms with Gasteiger partial charge in [-0.05, 0) is 30.5 Å². The van der Waals surface area contributed by atoms with Crippen molar-refractivity contribution in [1.29, 1.82) is 0 Å². The molecule has 0 unspecified atom stereocenters. The Morgan fingerprint density at radius 2 is 2.21 bits per heavy atom. The van der Waals surface area contributed by atoms with Gasteiger partial charge in [-0.1, -0.05) is 30.6 Å². The van der Waals surface area contributed by atoms with Crippen molar-refractivity contribution in [3.8, 4) is 0 Å². The van der Waals surface area contributed by atoms with E-state index in [1.807, 2.05) is 0 Å². The Balaban J connectivity index is 2.72. The maximum absolute atomic E-state index is 11.7. The summed E-state index contributed by atoms with van der Waals surface area (Å²) in [4.78, 5) is 11.7. The molecule has 0 fully saturated rings. The highest BCUT2D eigenvalue weighted by Gasteiger charge is 2.09. The number of carbonyl (C=O) groups is 1. The van der Waals surface area contributed by atoms with Crippen molar-refractivity contribution in [3.05, 3.63) is 28.8 Å². The summed E-state index contributed by atoms with van der Waals surface area (Å²) in [5, 5.41) is 14.5. The summed E-state index contributed by atoms with van der Waals surface area (Å²) in [5.74, 6) is 0.371. The SMILES string of the molecule is CC(C)CCC(=O)Nc1ccc(/C(N)=N/O)cc1Cl. The van der Waals surface area contributed by atoms with Crippen molar-refractivity contribution in [2.45, 2.75) is 26.7 Å². The number of hydrogen-bond acceptors (Lipinski definition) is 3. The summed E-state index contributed by atoms with van der Waals surface area (Å²) < 4.78 is 0. The Morgan fingerprint density at radius 3 is 2.74 bits per heavy atom. The van der Waals surface area contributed by atoms with Gasteiger partial charge in [-0.2, -0.15) is 0 Å². The summed E-state index contributed by atoms with van der Waals surface area (Å²) in [6.45, 7) is 4.12. The lowest BCUT2D eigenvalue weighted by atomic mass is 10.1. The average molecular weight is 284 g/mol. The lowest BCUT2D eigenvalue weighted by molar-refractivity contribution is -0.116. The van der Waals surface area contributed by atoms with Crippen molar-refractivity contribution in [2.75, 3.05) is 5.32 Å². The van der Waals surface area contributed by atoms with Gasteiger partial charge in [0.15, 0.2) is 5.84 Å². The first-order valence-electron chi connectivity index (χ1n) is 6.01. The van der Waals surface area contributed by atoms with Gasteiger partial charge in [-0.25, -0.2) is 0 Å². The van der Waals surface area contributed by atoms with Gasteiger partial charge >= 0.3 is 0 Å². The van der Waals surface area contributed by atoms with Gasteiger partial charge in [0.25, 0.3) is 0 Å². The third-order valence-electron chi connectivity index (χ3n) is 2.60. The number of nitrogens with one attached hydrogen (secondary N) is 1. The summed E-state index contributed by atoms with van der Waals surface area (Å²) in [6.07, 6.45) is 1.28. The molecule has 6 heteroatoms. The summed E-state index contributed by atoms with van der Waals surface area (Å²) in [6, 6.07) is 4.79. The standard InChI is InChI=1S/C13H18ClN3O2/c1-8(2)3-6-12(18)16-11-5-4-9(7-10(11)14)13(15)17-19/h4-5,7-8,19H,3,6H2,1-2H3,(H2,15,17)(H,16,18). The molecule has 5 nitrogen and oxygen atoms in total. The van der Waals surface area contributed by atoms with Gasteiger partial charge in [-0.15, -0.1) is 0 Å². The predicted molar refractivity (Wildman–Crippen MR) is 76.7 cm³/mol. The number of rotatable bonds is 5. The van der Waals surface area contributed by atoms with E-state index < -0.39 is 0 Å². The second-order valence-corrected chi connectivity index (χ2v) is 5.07. The normalized spacial score (nSPS) is 11.7. The molecule has 0 atom stereocenters. The van der Waals surface area contributed by atoms with E-state index >= 15 is 0 Å². The van der Waals surface area contributed by atoms with Crippen LogP contribution in [0.2, 0.25) is 5.02 Å². The van der Waals surface area contributed by atoms with Crippen molar-refractivity contribution < 1.29 is 10.0 Å². The van der Waals surface area contributed by atoms with Crippen LogP contribution in [0.1, 0.15) is 32.3 Å². The maximum atomic E-state index is 11.7. The van der Waals surface area contributed by atoms with Crippen molar-refractivity contribution in [3.63, 3.8) is 0 Å². The Bertz CT molecular complexity index is 487. The van der Waals surface area contributed by atoms with E-state index in [1.54, 1.807) is 12.1 Å². The zero-order valence-electron chi connectivity index (χ0n) is 11.0. The number of oxime groups is 1. The van der Waals surface area contributed by atoms with Crippen molar-refractivity contribution >= 4 is 29.0 Å². The minimum Gasteiger partial charge on any atom is -0.409 e. The second kappa shape index (κ2) is 6.99. The minimum atomic E-state index is -0.0767. The van der Waals surface area contributed by atoms with E-state index in [9.17, 15) is 4.79 Å². The number of halogens is 1. The molecule has 0 heterocycles. The third kappa shape index (κ3) is 4.79. The van der Waals surface area contributed by atoms with E-state index in [0.717, 1.165) is 6.42 Å². The smallest absolute Gasteiger partial charge is 0.224 e. The highest BCUT2D eigenvalue weighted by molar-refractivity contribution is 6.34. The molecule has 0 saturated carbocycles. The number of amidine groups is 1. The largest absolute Gasteiger partial charge is 0.409 e. The van der Waals surface area contributed by atoms with E-state index in [-0.39, 0.29) is 11.7 Å². The number of carbonyl (C=O) groups excluding carboxylic acids is 1. The van der Waals surface area contributed by atoms with Crippen molar-refractivity contribution in [1.82, 2.24) is 0 Å². The molecule has 0 aliphatic heterocycles. The van der Waals surface area contributed by atoms with Crippen LogP contribution >= 0.6 is 11.6 Å². The fraction of sp³-hybridized carbons (Fsp3) is 0.385. The summed E-state index contributed by atoms with van der Waals surface area (Å²) in [7, 11) is 0. The quantitative estimate of drug-likeness (QED) is 0.336. The molecule has 1 aromatic carbocycles. The molecule has 104 valence electrons. The number of hydrogen-bond donors (Lipinski definition) is 3. The zero-order valence-corrected chi connectivity index (χ0v) is 11.7. The van der Waals surface area contributed by atoms with Crippen molar-refractivity contribution in [2.24, 2.45) is 16.8 Å². The topological polar surface area (TPSA) is 87.7 Å². The molecule has 4 N–H and O–H groups in total. The summed E-state index contributed by atoms with van der Waals surface area (Å²) in [5.41, 5.74) is 6.46. The number of amides is 1. The Kier molecular flexibility index (Phi) is 5.63. The molecular formula is C13H18ClN3O2. The minimum absolute atomic E-state index is 0.0282. The van der Waals surface area contributed by atoms with E-state index in [4.69, 9.17) is 22.5 Å². The number of benzene rings is 1. The molecule has 1 rings (SSSR count). The average Bonchev–Trinajstić information content (AvgIpc) is 2.37. The van der Waals surface area contributed by atoms with Gasteiger partial charge in [0.05, 0.1) is 10.7 Å². The molecule has 0 bridgehead atoms. The highest BCUT2D eigenvalue weighted by Crippen LogP contribution is 2.23. The fourth-order valence-electron chi connectivity index (χ4n) is 1.47. The van der Waals surface area contributed by atoms with Crippen LogP contribution < -0.4 is 11.1 Å². The Hall–Kier alpha value is -1.75. The van der Waals surface area contributed by atoms with Gasteiger partial charge < -0.3 is 16.3 Å². The lowest BCUT2D eigenvalue weighted by Gasteiger charge is -2.09. The Labute approximate surface area is 117 Å². The second-order valence-electron chi connectivity index (χ2n) is 4.66. The molecule has 19 heavy (non-hydrogen) atoms. The number of nitrogens with two attached hydrogens (primary N) is 1. The van der Waals surface area contributed by atoms with Gasteiger partial charge in [0.1, 0.15) is 0 Å². The predicted octanol–water partition coefficient (Wildman–Crippen LogP) is 2.81. The van der Waals surface area contributed by atoms with Crippen LogP contribution in [0.4, 0.5) is 5.69 Å². The fourth-order valence-corrected chi connectivity index (χ4v) is 1.69. The number of anilines is 1. The van der Waals surface area contributed by atoms with Gasteiger partial charge in [0.2, 0.25) is 5.91 Å². The van der Waals surface area contributed by atoms with E-state index in [0.29, 0.717) is 28.6 Å². The van der Waals surface area contributed by atoms with E-state index in [1.165, 1.54) is 6.07 Å². The van der Waals surface area contributed by atoms with Crippen LogP contribution in [0.25, 0.3) is 0 Å². The molecule has 0 radical (unpaired) electrons. The maximum Gasteiger partial charge on any atom is 0.224 e. The van der Waals surface area contributed by atoms with Crippen LogP contribution in [-0.2, 0) is 4.79 Å². The van der Waals surface area contributed by atoms with Crippen LogP contribution in [0.3, 0.4) is 0 Å². The monoisotopic (exact) mass is 283 g/mol. The zero-order chi connectivity index (χ0) is 14.4. The first kappa shape index (κ1) is 15.3. The molecular weight excluding hydrogens is 266 g/mol. The molecule has 0 aliphatic carbocycles. The summed E-state index contributed by atoms with van der Waals surface area (Å²) >= 11 is 6.03. The Morgan fingerprint density at radius 1 is 1.53 bits per heavy atom. The molecule has 1 aromatic rings. The van der Waals surface area contributed by atoms with E-state index in [2.05, 4.69) is 24.3 Å². The first-order chi connectivity index (χ1) is 8.93. The molecule has 0 aromatic heterocycles. The highest BCUT2D eigenvalue weighted by atomic mass is 35.5. The molecule has 1 amide bonds. The van der Waals surface area contributed by atoms with Crippen LogP contribution in [-0.4, -0.2) is 17.0 Å². The van der Waals surface area contributed by atoms with Gasteiger partial charge in [-0.3, -0.25) is 4.79 Å². The van der Waals surface area contributed by atoms with Crippen LogP contribution in [0.5, 0.6) is 0 Å². The molecule has 0 spiro atoms. The number of nitrogens with zero attached hydrogens (tertiary/aromatic N) is 1. The third-order valence-corrected chi connectivity index (χ3v) is 2.91. The van der Waals surface area contributed by atoms with Gasteiger partial charge in [0, 0.05) is 12.0 Å². The molecule has 0 aliphatic rings. The lowest BCUT2D eigenvalue weighted by Crippen LogP contribution is -2.15. The molecule has 0 saturated heterocycles.